The molecule has 0 fully saturated rings. The van der Waals surface area contributed by atoms with Crippen LogP contribution in [0.5, 0.6) is 0 Å². The number of thiazole rings is 1. The smallest absolute Gasteiger partial charge is 0.269 e. The van der Waals surface area contributed by atoms with E-state index >= 15 is 0 Å². The van der Waals surface area contributed by atoms with Crippen LogP contribution in [0.4, 0.5) is 0 Å². The lowest BCUT2D eigenvalue weighted by molar-refractivity contribution is 0.1000. The van der Waals surface area contributed by atoms with E-state index in [2.05, 4.69) is 15.1 Å². The van der Waals surface area contributed by atoms with Crippen molar-refractivity contribution >= 4 is 17.2 Å². The highest BCUT2D eigenvalue weighted by molar-refractivity contribution is 7.13. The molecule has 0 bridgehead atoms. The largest absolute Gasteiger partial charge is 0.366 e. The van der Waals surface area contributed by atoms with E-state index in [0.29, 0.717) is 23.7 Å². The first-order valence-corrected chi connectivity index (χ1v) is 7.13. The second kappa shape index (κ2) is 5.45. The van der Waals surface area contributed by atoms with E-state index in [1.807, 2.05) is 13.0 Å². The van der Waals surface area contributed by atoms with Crippen LogP contribution in [0, 0.1) is 6.92 Å². The number of benzene rings is 1. The Bertz CT molecular complexity index is 794. The van der Waals surface area contributed by atoms with Crippen molar-refractivity contribution in [1.29, 1.82) is 0 Å². The number of aromatic nitrogens is 3. The van der Waals surface area contributed by atoms with Gasteiger partial charge in [0.1, 0.15) is 4.88 Å². The molecule has 1 aromatic carbocycles. The molecule has 0 aliphatic carbocycles. The van der Waals surface area contributed by atoms with Gasteiger partial charge in [-0.1, -0.05) is 17.3 Å². The molecule has 7 heteroatoms. The van der Waals surface area contributed by atoms with Gasteiger partial charge in [-0.3, -0.25) is 4.79 Å². The van der Waals surface area contributed by atoms with E-state index in [1.165, 1.54) is 11.3 Å². The normalized spacial score (nSPS) is 10.7. The number of primary amides is 1. The lowest BCUT2D eigenvalue weighted by Crippen LogP contribution is -2.11. The maximum atomic E-state index is 11.2. The number of amides is 1. The van der Waals surface area contributed by atoms with Crippen LogP contribution in [0.1, 0.15) is 27.4 Å². The highest BCUT2D eigenvalue weighted by atomic mass is 32.1. The first-order chi connectivity index (χ1) is 10.1. The van der Waals surface area contributed by atoms with Crippen molar-refractivity contribution in [2.24, 2.45) is 5.73 Å². The zero-order chi connectivity index (χ0) is 14.8. The van der Waals surface area contributed by atoms with Gasteiger partial charge in [-0.2, -0.15) is 4.98 Å². The van der Waals surface area contributed by atoms with Crippen LogP contribution in [-0.2, 0) is 6.42 Å². The first kappa shape index (κ1) is 13.4. The molecule has 0 atom stereocenters. The average Bonchev–Trinajstić information content (AvgIpc) is 3.08. The number of carbonyl (C=O) groups is 1. The van der Waals surface area contributed by atoms with Gasteiger partial charge in [0.25, 0.3) is 5.89 Å². The molecular formula is C14H12N4O2S. The molecule has 6 nitrogen and oxygen atoms in total. The minimum absolute atomic E-state index is 0.453. The Balaban J connectivity index is 1.83. The molecule has 21 heavy (non-hydrogen) atoms. The fourth-order valence-electron chi connectivity index (χ4n) is 1.94. The van der Waals surface area contributed by atoms with Gasteiger partial charge in [0.05, 0.1) is 11.2 Å². The third-order valence-electron chi connectivity index (χ3n) is 2.98. The van der Waals surface area contributed by atoms with Gasteiger partial charge in [0.2, 0.25) is 5.91 Å². The third kappa shape index (κ3) is 2.82. The zero-order valence-corrected chi connectivity index (χ0v) is 12.1. The van der Waals surface area contributed by atoms with Crippen molar-refractivity contribution in [2.45, 2.75) is 13.3 Å². The van der Waals surface area contributed by atoms with Crippen LogP contribution in [0.25, 0.3) is 10.8 Å². The number of rotatable bonds is 4. The van der Waals surface area contributed by atoms with Gasteiger partial charge < -0.3 is 10.3 Å². The van der Waals surface area contributed by atoms with E-state index in [9.17, 15) is 4.79 Å². The number of nitrogens with zero attached hydrogens (tertiary/aromatic N) is 3. The van der Waals surface area contributed by atoms with Gasteiger partial charge >= 0.3 is 0 Å². The Labute approximate surface area is 124 Å². The predicted octanol–water partition coefficient (Wildman–Crippen LogP) is 2.19. The van der Waals surface area contributed by atoms with Gasteiger partial charge in [-0.25, -0.2) is 4.98 Å². The summed E-state index contributed by atoms with van der Waals surface area (Å²) in [5.74, 6) is 0.571. The maximum Gasteiger partial charge on any atom is 0.269 e. The van der Waals surface area contributed by atoms with Crippen molar-refractivity contribution < 1.29 is 9.32 Å². The van der Waals surface area contributed by atoms with Gasteiger partial charge in [0.15, 0.2) is 5.82 Å². The third-order valence-corrected chi connectivity index (χ3v) is 3.90. The molecule has 0 aliphatic rings. The Morgan fingerprint density at radius 2 is 2.29 bits per heavy atom. The molecule has 0 saturated heterocycles. The molecule has 106 valence electrons. The van der Waals surface area contributed by atoms with Crippen LogP contribution in [-0.4, -0.2) is 21.0 Å². The summed E-state index contributed by atoms with van der Waals surface area (Å²) in [5.41, 5.74) is 9.24. The highest BCUT2D eigenvalue weighted by Gasteiger charge is 2.14. The molecule has 0 saturated carbocycles. The van der Waals surface area contributed by atoms with Crippen LogP contribution in [0.15, 0.2) is 34.3 Å². The Hall–Kier alpha value is -2.54. The molecule has 2 N–H and O–H groups in total. The summed E-state index contributed by atoms with van der Waals surface area (Å²) >= 11 is 1.46. The Morgan fingerprint density at radius 1 is 1.43 bits per heavy atom. The van der Waals surface area contributed by atoms with Crippen LogP contribution >= 0.6 is 11.3 Å². The van der Waals surface area contributed by atoms with E-state index in [4.69, 9.17) is 10.3 Å². The van der Waals surface area contributed by atoms with Crippen LogP contribution in [0.3, 0.4) is 0 Å². The molecule has 2 aromatic heterocycles. The number of nitrogens with two attached hydrogens (primary N) is 1. The molecule has 0 radical (unpaired) electrons. The molecule has 3 aromatic rings. The van der Waals surface area contributed by atoms with Gasteiger partial charge in [-0.15, -0.1) is 11.3 Å². The van der Waals surface area contributed by atoms with E-state index in [1.54, 1.807) is 23.7 Å². The topological polar surface area (TPSA) is 94.9 Å². The number of aryl methyl sites for hydroxylation is 1. The van der Waals surface area contributed by atoms with Crippen LogP contribution < -0.4 is 5.73 Å². The average molecular weight is 300 g/mol. The standard InChI is InChI=1S/C14H12N4O2S/c1-8-12(21-7-16-8)14-17-11(18-20-14)6-9-3-2-4-10(5-9)13(15)19/h2-5,7H,6H2,1H3,(H2,15,19). The summed E-state index contributed by atoms with van der Waals surface area (Å²) in [6.07, 6.45) is 0.475. The SMILES string of the molecule is Cc1ncsc1-c1nc(Cc2cccc(C(N)=O)c2)no1. The highest BCUT2D eigenvalue weighted by Crippen LogP contribution is 2.25. The number of hydrogen-bond acceptors (Lipinski definition) is 6. The maximum absolute atomic E-state index is 11.2. The summed E-state index contributed by atoms with van der Waals surface area (Å²) < 4.78 is 5.26. The monoisotopic (exact) mass is 300 g/mol. The van der Waals surface area contributed by atoms with E-state index in [0.717, 1.165) is 16.1 Å². The molecule has 0 unspecified atom stereocenters. The van der Waals surface area contributed by atoms with Gasteiger partial charge in [0, 0.05) is 12.0 Å². The predicted molar refractivity (Wildman–Crippen MR) is 77.9 cm³/mol. The Kier molecular flexibility index (Phi) is 3.49. The fraction of sp³-hybridized carbons (Fsp3) is 0.143. The zero-order valence-electron chi connectivity index (χ0n) is 11.2. The molecule has 2 heterocycles. The fourth-order valence-corrected chi connectivity index (χ4v) is 2.67. The van der Waals surface area contributed by atoms with E-state index in [-0.39, 0.29) is 0 Å². The summed E-state index contributed by atoms with van der Waals surface area (Å²) in [7, 11) is 0. The second-order valence-corrected chi connectivity index (χ2v) is 5.38. The summed E-state index contributed by atoms with van der Waals surface area (Å²) in [4.78, 5) is 20.6. The quantitative estimate of drug-likeness (QED) is 0.797. The molecular weight excluding hydrogens is 288 g/mol. The number of hydrogen-bond donors (Lipinski definition) is 1. The second-order valence-electron chi connectivity index (χ2n) is 4.52. The summed E-state index contributed by atoms with van der Waals surface area (Å²) in [5, 5.41) is 3.96. The first-order valence-electron chi connectivity index (χ1n) is 6.25. The van der Waals surface area contributed by atoms with Crippen molar-refractivity contribution in [3.63, 3.8) is 0 Å². The van der Waals surface area contributed by atoms with Crippen LogP contribution in [0.2, 0.25) is 0 Å². The molecule has 0 spiro atoms. The molecule has 1 amide bonds. The lowest BCUT2D eigenvalue weighted by Gasteiger charge is -1.99. The van der Waals surface area contributed by atoms with Crippen molar-refractivity contribution in [3.05, 3.63) is 52.4 Å². The molecule has 0 aliphatic heterocycles. The lowest BCUT2D eigenvalue weighted by atomic mass is 10.1. The van der Waals surface area contributed by atoms with Crippen molar-refractivity contribution in [3.8, 4) is 10.8 Å². The van der Waals surface area contributed by atoms with E-state index < -0.39 is 5.91 Å². The molecule has 3 rings (SSSR count). The summed E-state index contributed by atoms with van der Waals surface area (Å²) in [6.45, 7) is 1.89. The Morgan fingerprint density at radius 3 is 3.00 bits per heavy atom. The van der Waals surface area contributed by atoms with Gasteiger partial charge in [-0.05, 0) is 24.6 Å². The van der Waals surface area contributed by atoms with Crippen molar-refractivity contribution in [1.82, 2.24) is 15.1 Å². The minimum atomic E-state index is -0.453. The minimum Gasteiger partial charge on any atom is -0.366 e. The van der Waals surface area contributed by atoms with Crippen molar-refractivity contribution in [2.75, 3.05) is 0 Å². The summed E-state index contributed by atoms with van der Waals surface area (Å²) in [6, 6.07) is 7.08. The number of carbonyl (C=O) groups excluding carboxylic acids is 1.